The third kappa shape index (κ3) is 5.25. The minimum absolute atomic E-state index is 0.332. The first-order valence-corrected chi connectivity index (χ1v) is 9.22. The second kappa shape index (κ2) is 9.22. The highest BCUT2D eigenvalue weighted by Gasteiger charge is 2.32. The van der Waals surface area contributed by atoms with Crippen molar-refractivity contribution in [2.75, 3.05) is 31.2 Å². The molecule has 2 fully saturated rings. The second-order valence-corrected chi connectivity index (χ2v) is 7.13. The van der Waals surface area contributed by atoms with E-state index in [0.29, 0.717) is 6.61 Å². The van der Waals surface area contributed by atoms with Crippen LogP contribution in [0.15, 0.2) is 0 Å². The van der Waals surface area contributed by atoms with Gasteiger partial charge < -0.3 is 15.7 Å². The van der Waals surface area contributed by atoms with Crippen LogP contribution in [0.1, 0.15) is 44.9 Å². The molecule has 1 aliphatic heterocycles. The molecular weight excluding hydrogens is 256 g/mol. The summed E-state index contributed by atoms with van der Waals surface area (Å²) in [5, 5.41) is 16.3. The molecule has 3 N–H and O–H groups in total. The van der Waals surface area contributed by atoms with E-state index in [4.69, 9.17) is 5.11 Å². The van der Waals surface area contributed by atoms with E-state index in [-0.39, 0.29) is 0 Å². The maximum atomic E-state index is 8.75. The van der Waals surface area contributed by atoms with Gasteiger partial charge in [0.25, 0.3) is 0 Å². The molecule has 1 aliphatic carbocycles. The number of hydrogen-bond donors (Lipinski definition) is 3. The molecule has 3 nitrogen and oxygen atoms in total. The molecule has 0 spiro atoms. The van der Waals surface area contributed by atoms with E-state index in [1.165, 1.54) is 50.8 Å². The molecule has 0 aromatic carbocycles. The summed E-state index contributed by atoms with van der Waals surface area (Å²) in [5.41, 5.74) is 0. The number of nitrogens with one attached hydrogen (secondary N) is 2. The standard InChI is InChI=1S/C15H30N2OS/c18-10-4-11-19-12-9-17-14-6-2-1-5-13(14)15-7-3-8-16-15/h13-18H,1-12H2. The van der Waals surface area contributed by atoms with Crippen LogP contribution in [0, 0.1) is 5.92 Å². The monoisotopic (exact) mass is 286 g/mol. The molecule has 0 radical (unpaired) electrons. The fourth-order valence-corrected chi connectivity index (χ4v) is 4.36. The van der Waals surface area contributed by atoms with Crippen molar-refractivity contribution in [3.63, 3.8) is 0 Å². The van der Waals surface area contributed by atoms with E-state index >= 15 is 0 Å². The summed E-state index contributed by atoms with van der Waals surface area (Å²) < 4.78 is 0. The lowest BCUT2D eigenvalue weighted by molar-refractivity contribution is 0.217. The smallest absolute Gasteiger partial charge is 0.0438 e. The van der Waals surface area contributed by atoms with Crippen molar-refractivity contribution in [3.8, 4) is 0 Å². The Morgan fingerprint density at radius 3 is 2.79 bits per heavy atom. The lowest BCUT2D eigenvalue weighted by Gasteiger charge is -2.36. The van der Waals surface area contributed by atoms with Crippen LogP contribution in [0.4, 0.5) is 0 Å². The van der Waals surface area contributed by atoms with Crippen LogP contribution >= 0.6 is 11.8 Å². The minimum atomic E-state index is 0.332. The Balaban J connectivity index is 1.64. The zero-order chi connectivity index (χ0) is 13.3. The lowest BCUT2D eigenvalue weighted by atomic mass is 9.79. The zero-order valence-electron chi connectivity index (χ0n) is 12.1. The van der Waals surface area contributed by atoms with Gasteiger partial charge in [-0.25, -0.2) is 0 Å². The molecular formula is C15H30N2OS. The van der Waals surface area contributed by atoms with Crippen LogP contribution in [-0.2, 0) is 0 Å². The summed E-state index contributed by atoms with van der Waals surface area (Å²) in [4.78, 5) is 0. The van der Waals surface area contributed by atoms with Gasteiger partial charge in [-0.2, -0.15) is 11.8 Å². The van der Waals surface area contributed by atoms with Gasteiger partial charge in [0.05, 0.1) is 0 Å². The van der Waals surface area contributed by atoms with Crippen molar-refractivity contribution >= 4 is 11.8 Å². The first-order chi connectivity index (χ1) is 9.42. The molecule has 3 unspecified atom stereocenters. The summed E-state index contributed by atoms with van der Waals surface area (Å²) in [6.07, 6.45) is 9.28. The van der Waals surface area contributed by atoms with Crippen LogP contribution < -0.4 is 10.6 Å². The van der Waals surface area contributed by atoms with Gasteiger partial charge >= 0.3 is 0 Å². The highest BCUT2D eigenvalue weighted by Crippen LogP contribution is 2.30. The fourth-order valence-electron chi connectivity index (χ4n) is 3.56. The number of hydrogen-bond acceptors (Lipinski definition) is 4. The maximum absolute atomic E-state index is 8.75. The van der Waals surface area contributed by atoms with Gasteiger partial charge in [-0.15, -0.1) is 0 Å². The summed E-state index contributed by atoms with van der Waals surface area (Å²) >= 11 is 1.96. The number of aliphatic hydroxyl groups is 1. The number of thioether (sulfide) groups is 1. The molecule has 4 heteroatoms. The summed E-state index contributed by atoms with van der Waals surface area (Å²) in [6, 6.07) is 1.52. The first kappa shape index (κ1) is 15.6. The average molecular weight is 286 g/mol. The van der Waals surface area contributed by atoms with Gasteiger partial charge in [-0.1, -0.05) is 12.8 Å². The second-order valence-electron chi connectivity index (χ2n) is 5.90. The third-order valence-electron chi connectivity index (χ3n) is 4.53. The van der Waals surface area contributed by atoms with Crippen LogP contribution in [0.5, 0.6) is 0 Å². The molecule has 0 bridgehead atoms. The summed E-state index contributed by atoms with van der Waals surface area (Å²) in [7, 11) is 0. The van der Waals surface area contributed by atoms with Gasteiger partial charge in [0.15, 0.2) is 0 Å². The van der Waals surface area contributed by atoms with Gasteiger partial charge in [0.2, 0.25) is 0 Å². The normalized spacial score (nSPS) is 31.7. The number of aliphatic hydroxyl groups excluding tert-OH is 1. The van der Waals surface area contributed by atoms with Crippen LogP contribution in [0.2, 0.25) is 0 Å². The van der Waals surface area contributed by atoms with Gasteiger partial charge in [0.1, 0.15) is 0 Å². The molecule has 0 aromatic rings. The highest BCUT2D eigenvalue weighted by molar-refractivity contribution is 7.99. The van der Waals surface area contributed by atoms with E-state index < -0.39 is 0 Å². The molecule has 0 amide bonds. The Kier molecular flexibility index (Phi) is 7.58. The summed E-state index contributed by atoms with van der Waals surface area (Å²) in [5.74, 6) is 3.14. The summed E-state index contributed by atoms with van der Waals surface area (Å²) in [6.45, 7) is 2.69. The Hall–Kier alpha value is 0.230. The SMILES string of the molecule is OCCCSCCNC1CCCCC1C1CCCN1. The van der Waals surface area contributed by atoms with E-state index in [9.17, 15) is 0 Å². The van der Waals surface area contributed by atoms with Gasteiger partial charge in [0, 0.05) is 31.0 Å². The van der Waals surface area contributed by atoms with Crippen molar-refractivity contribution in [3.05, 3.63) is 0 Å². The molecule has 112 valence electrons. The van der Waals surface area contributed by atoms with Crippen molar-refractivity contribution in [2.24, 2.45) is 5.92 Å². The third-order valence-corrected chi connectivity index (χ3v) is 5.60. The Bertz CT molecular complexity index is 234. The average Bonchev–Trinajstić information content (AvgIpc) is 2.97. The quantitative estimate of drug-likeness (QED) is 0.597. The molecule has 3 atom stereocenters. The van der Waals surface area contributed by atoms with Crippen LogP contribution in [0.3, 0.4) is 0 Å². The molecule has 1 heterocycles. The van der Waals surface area contributed by atoms with Crippen LogP contribution in [0.25, 0.3) is 0 Å². The van der Waals surface area contributed by atoms with Gasteiger partial charge in [-0.3, -0.25) is 0 Å². The van der Waals surface area contributed by atoms with Crippen molar-refractivity contribution in [2.45, 2.75) is 57.0 Å². The minimum Gasteiger partial charge on any atom is -0.396 e. The predicted molar refractivity (Wildman–Crippen MR) is 83.8 cm³/mol. The topological polar surface area (TPSA) is 44.3 Å². The van der Waals surface area contributed by atoms with Crippen LogP contribution in [-0.4, -0.2) is 48.4 Å². The van der Waals surface area contributed by atoms with Crippen molar-refractivity contribution in [1.82, 2.24) is 10.6 Å². The Morgan fingerprint density at radius 2 is 2.00 bits per heavy atom. The first-order valence-electron chi connectivity index (χ1n) is 8.07. The lowest BCUT2D eigenvalue weighted by Crippen LogP contribution is -2.47. The van der Waals surface area contributed by atoms with Gasteiger partial charge in [-0.05, 0) is 50.3 Å². The van der Waals surface area contributed by atoms with E-state index in [1.54, 1.807) is 0 Å². The zero-order valence-corrected chi connectivity index (χ0v) is 12.9. The Labute approximate surface area is 122 Å². The maximum Gasteiger partial charge on any atom is 0.0438 e. The highest BCUT2D eigenvalue weighted by atomic mass is 32.2. The van der Waals surface area contributed by atoms with Crippen molar-refractivity contribution in [1.29, 1.82) is 0 Å². The van der Waals surface area contributed by atoms with E-state index in [1.807, 2.05) is 11.8 Å². The molecule has 0 aromatic heterocycles. The van der Waals surface area contributed by atoms with Crippen molar-refractivity contribution < 1.29 is 5.11 Å². The fraction of sp³-hybridized carbons (Fsp3) is 1.00. The number of rotatable bonds is 8. The molecule has 1 saturated heterocycles. The molecule has 2 aliphatic rings. The van der Waals surface area contributed by atoms with E-state index in [0.717, 1.165) is 36.7 Å². The van der Waals surface area contributed by atoms with E-state index in [2.05, 4.69) is 10.6 Å². The molecule has 2 rings (SSSR count). The molecule has 1 saturated carbocycles. The largest absolute Gasteiger partial charge is 0.396 e. The molecule has 19 heavy (non-hydrogen) atoms. The Morgan fingerprint density at radius 1 is 1.11 bits per heavy atom. The predicted octanol–water partition coefficient (Wildman–Crippen LogP) is 2.00.